The summed E-state index contributed by atoms with van der Waals surface area (Å²) in [6.07, 6.45) is 1.92. The van der Waals surface area contributed by atoms with Gasteiger partial charge in [0.25, 0.3) is 0 Å². The third-order valence-electron chi connectivity index (χ3n) is 6.34. The van der Waals surface area contributed by atoms with Crippen LogP contribution in [0.5, 0.6) is 0 Å². The Morgan fingerprint density at radius 2 is 0.419 bits per heavy atom. The maximum atomic E-state index is 3.54. The van der Waals surface area contributed by atoms with Crippen LogP contribution in [0.1, 0.15) is 12.8 Å². The van der Waals surface area contributed by atoms with E-state index in [-0.39, 0.29) is 21.1 Å². The van der Waals surface area contributed by atoms with Crippen LogP contribution in [0.4, 0.5) is 0 Å². The Morgan fingerprint density at radius 1 is 0.279 bits per heavy atom. The maximum absolute atomic E-state index is 3.54. The first-order valence-corrected chi connectivity index (χ1v) is 17.0. The third kappa shape index (κ3) is 10.8. The summed E-state index contributed by atoms with van der Waals surface area (Å²) >= 11 is 0. The van der Waals surface area contributed by atoms with Gasteiger partial charge in [0.15, 0.2) is 0 Å². The normalized spacial score (nSPS) is 10.0. The molecule has 0 amide bonds. The summed E-state index contributed by atoms with van der Waals surface area (Å²) < 4.78 is 0. The molecule has 0 aromatic heterocycles. The molecule has 0 aliphatic carbocycles. The molecule has 0 saturated carbocycles. The molecule has 0 atom stereocenters. The second-order valence-electron chi connectivity index (χ2n) is 9.39. The molecule has 6 aromatic carbocycles. The van der Waals surface area contributed by atoms with Crippen LogP contribution in [0.25, 0.3) is 0 Å². The summed E-state index contributed by atoms with van der Waals surface area (Å²) in [5.41, 5.74) is 0. The van der Waals surface area contributed by atoms with Crippen LogP contribution < -0.4 is 31.8 Å². The van der Waals surface area contributed by atoms with Crippen LogP contribution in [0.3, 0.4) is 0 Å². The topological polar surface area (TPSA) is 0 Å². The molecule has 0 saturated heterocycles. The fourth-order valence-corrected chi connectivity index (χ4v) is 8.97. The van der Waals surface area contributed by atoms with Gasteiger partial charge in [0, 0.05) is 0 Å². The molecular weight excluding hydrogens is 737 g/mol. The van der Waals surface area contributed by atoms with Gasteiger partial charge < -0.3 is 13.8 Å². The summed E-state index contributed by atoms with van der Waals surface area (Å²) in [5, 5.41) is 8.39. The van der Waals surface area contributed by atoms with Crippen molar-refractivity contribution in [1.29, 1.82) is 0 Å². The van der Waals surface area contributed by atoms with Gasteiger partial charge in [0.2, 0.25) is 0 Å². The van der Waals surface area contributed by atoms with E-state index in [4.69, 9.17) is 0 Å². The molecule has 218 valence electrons. The van der Waals surface area contributed by atoms with Gasteiger partial charge in [0.05, 0.1) is 0 Å². The van der Waals surface area contributed by atoms with E-state index in [0.29, 0.717) is 0 Å². The Morgan fingerprint density at radius 3 is 0.535 bits per heavy atom. The van der Waals surface area contributed by atoms with E-state index in [1.807, 2.05) is 0 Å². The van der Waals surface area contributed by atoms with Crippen molar-refractivity contribution in [3.63, 3.8) is 0 Å². The minimum Gasteiger partial charge on any atom is -0.346 e. The monoisotopic (exact) mass is 775 g/mol. The van der Waals surface area contributed by atoms with Crippen molar-refractivity contribution in [3.8, 4) is 0 Å². The van der Waals surface area contributed by atoms with E-state index in [1.54, 1.807) is 0 Å². The zero-order valence-electron chi connectivity index (χ0n) is 24.4. The SMILES string of the molecule is [CH2-]CC[CH2-].[Pt+2].c1ccc(P(c2ccccc2)c2ccccc2)cc1.c1ccc(P(c2ccccc2)c2ccccc2)cc1. The Hall–Kier alpha value is -3.13. The quantitative estimate of drug-likeness (QED) is 0.113. The molecule has 43 heavy (non-hydrogen) atoms. The first-order chi connectivity index (χ1) is 20.8. The molecule has 0 radical (unpaired) electrons. The van der Waals surface area contributed by atoms with Gasteiger partial charge in [0.1, 0.15) is 0 Å². The van der Waals surface area contributed by atoms with Gasteiger partial charge in [-0.15, -0.1) is 0 Å². The molecule has 0 nitrogen and oxygen atoms in total. The van der Waals surface area contributed by atoms with Crippen molar-refractivity contribution in [2.45, 2.75) is 12.8 Å². The number of rotatable bonds is 7. The van der Waals surface area contributed by atoms with Crippen molar-refractivity contribution in [3.05, 3.63) is 196 Å². The minimum atomic E-state index is -0.446. The van der Waals surface area contributed by atoms with E-state index in [2.05, 4.69) is 196 Å². The largest absolute Gasteiger partial charge is 2.00 e. The zero-order valence-corrected chi connectivity index (χ0v) is 28.4. The Balaban J connectivity index is 0.000000206. The van der Waals surface area contributed by atoms with Gasteiger partial charge in [-0.05, 0) is 47.7 Å². The summed E-state index contributed by atoms with van der Waals surface area (Å²) in [6.45, 7) is 7.08. The average Bonchev–Trinajstić information content (AvgIpc) is 3.08. The van der Waals surface area contributed by atoms with E-state index in [1.165, 1.54) is 31.8 Å². The second kappa shape index (κ2) is 19.9. The van der Waals surface area contributed by atoms with Gasteiger partial charge in [-0.1, -0.05) is 182 Å². The van der Waals surface area contributed by atoms with Crippen molar-refractivity contribution < 1.29 is 21.1 Å². The first kappa shape index (κ1) is 34.4. The van der Waals surface area contributed by atoms with Crippen LogP contribution in [0.2, 0.25) is 0 Å². The summed E-state index contributed by atoms with van der Waals surface area (Å²) in [4.78, 5) is 0. The van der Waals surface area contributed by atoms with Gasteiger partial charge in [-0.25, -0.2) is 12.8 Å². The third-order valence-corrected chi connectivity index (χ3v) is 11.2. The van der Waals surface area contributed by atoms with Crippen LogP contribution >= 0.6 is 15.8 Å². The van der Waals surface area contributed by atoms with E-state index in [9.17, 15) is 0 Å². The van der Waals surface area contributed by atoms with E-state index >= 15 is 0 Å². The molecular formula is C40H38P2Pt. The van der Waals surface area contributed by atoms with Crippen LogP contribution in [0, 0.1) is 13.8 Å². The predicted molar refractivity (Wildman–Crippen MR) is 190 cm³/mol. The number of unbranched alkanes of at least 4 members (excludes halogenated alkanes) is 1. The minimum absolute atomic E-state index is 0. The molecule has 0 bridgehead atoms. The molecule has 0 heterocycles. The summed E-state index contributed by atoms with van der Waals surface area (Å²) in [5.74, 6) is 0. The number of benzene rings is 6. The van der Waals surface area contributed by atoms with Crippen molar-refractivity contribution >= 4 is 47.7 Å². The Labute approximate surface area is 276 Å². The molecule has 0 fully saturated rings. The zero-order chi connectivity index (χ0) is 29.2. The maximum Gasteiger partial charge on any atom is 2.00 e. The molecule has 0 unspecified atom stereocenters. The summed E-state index contributed by atoms with van der Waals surface area (Å²) in [6, 6.07) is 64.7. The Kier molecular flexibility index (Phi) is 15.9. The standard InChI is InChI=1S/2C18H15P.C4H8.Pt/c2*1-4-10-16(11-5-1)19(17-12-6-2-7-13-17)18-14-8-3-9-15-18;1-3-4-2;/h2*1-15H;1-4H2;/q;;-2;+2. The van der Waals surface area contributed by atoms with Gasteiger partial charge in [-0.3, -0.25) is 0 Å². The van der Waals surface area contributed by atoms with Crippen LogP contribution in [-0.4, -0.2) is 0 Å². The fourth-order valence-electron chi connectivity index (χ4n) is 4.36. The van der Waals surface area contributed by atoms with Gasteiger partial charge >= 0.3 is 21.1 Å². The number of hydrogen-bond acceptors (Lipinski definition) is 0. The molecule has 6 rings (SSSR count). The molecule has 6 aromatic rings. The average molecular weight is 776 g/mol. The predicted octanol–water partition coefficient (Wildman–Crippen LogP) is 8.32. The second-order valence-corrected chi connectivity index (χ2v) is 13.8. The van der Waals surface area contributed by atoms with E-state index in [0.717, 1.165) is 12.8 Å². The fraction of sp³-hybridized carbons (Fsp3) is 0.0500. The Bertz CT molecular complexity index is 1200. The van der Waals surface area contributed by atoms with Crippen molar-refractivity contribution in [2.75, 3.05) is 0 Å². The summed E-state index contributed by atoms with van der Waals surface area (Å²) in [7, 11) is -0.892. The molecule has 0 aliphatic rings. The molecule has 0 spiro atoms. The molecule has 0 aliphatic heterocycles. The smallest absolute Gasteiger partial charge is 0.346 e. The van der Waals surface area contributed by atoms with E-state index < -0.39 is 15.8 Å². The molecule has 0 N–H and O–H groups in total. The van der Waals surface area contributed by atoms with Gasteiger partial charge in [-0.2, -0.15) is 0 Å². The van der Waals surface area contributed by atoms with Crippen molar-refractivity contribution in [2.24, 2.45) is 0 Å². The van der Waals surface area contributed by atoms with Crippen molar-refractivity contribution in [1.82, 2.24) is 0 Å². The van der Waals surface area contributed by atoms with Crippen LogP contribution in [-0.2, 0) is 21.1 Å². The van der Waals surface area contributed by atoms with Crippen LogP contribution in [0.15, 0.2) is 182 Å². The molecule has 3 heteroatoms. The first-order valence-electron chi connectivity index (χ1n) is 14.3. The number of hydrogen-bond donors (Lipinski definition) is 0.